The van der Waals surface area contributed by atoms with Crippen molar-refractivity contribution < 1.29 is 9.53 Å². The molecule has 28 heavy (non-hydrogen) atoms. The van der Waals surface area contributed by atoms with Crippen LogP contribution < -0.4 is 15.3 Å². The van der Waals surface area contributed by atoms with E-state index in [0.29, 0.717) is 12.2 Å². The number of ether oxygens (including phenoxy) is 1. The number of carbonyl (C=O) groups is 1. The SMILES string of the molecule is COc1ccc(-c2cnn([C@@H](C)C(=O)N3CCc4ccccc43)c(=O)n2)cc1. The Bertz CT molecular complexity index is 1080. The Morgan fingerprint density at radius 1 is 1.14 bits per heavy atom. The third kappa shape index (κ3) is 3.15. The fraction of sp³-hybridized carbons (Fsp3) is 0.238. The van der Waals surface area contributed by atoms with Gasteiger partial charge in [-0.2, -0.15) is 10.1 Å². The molecule has 7 nitrogen and oxygen atoms in total. The molecule has 1 aromatic heterocycles. The summed E-state index contributed by atoms with van der Waals surface area (Å²) < 4.78 is 6.27. The summed E-state index contributed by atoms with van der Waals surface area (Å²) in [5.41, 5.74) is 2.69. The first kappa shape index (κ1) is 17.9. The number of aromatic nitrogens is 3. The first-order valence-corrected chi connectivity index (χ1v) is 9.08. The van der Waals surface area contributed by atoms with Gasteiger partial charge in [0, 0.05) is 17.8 Å². The van der Waals surface area contributed by atoms with Gasteiger partial charge in [0.15, 0.2) is 0 Å². The topological polar surface area (TPSA) is 77.3 Å². The maximum atomic E-state index is 13.0. The fourth-order valence-corrected chi connectivity index (χ4v) is 3.41. The summed E-state index contributed by atoms with van der Waals surface area (Å²) in [6, 6.07) is 14.3. The van der Waals surface area contributed by atoms with Crippen LogP contribution in [0.15, 0.2) is 59.5 Å². The van der Waals surface area contributed by atoms with E-state index in [-0.39, 0.29) is 5.91 Å². The van der Waals surface area contributed by atoms with Gasteiger partial charge in [0.05, 0.1) is 19.0 Å². The molecule has 0 saturated heterocycles. The Kier molecular flexibility index (Phi) is 4.65. The van der Waals surface area contributed by atoms with Crippen LogP contribution in [0.5, 0.6) is 5.75 Å². The second-order valence-electron chi connectivity index (χ2n) is 6.64. The number of nitrogens with zero attached hydrogens (tertiary/aromatic N) is 4. The van der Waals surface area contributed by atoms with Gasteiger partial charge in [0.25, 0.3) is 5.91 Å². The minimum Gasteiger partial charge on any atom is -0.497 e. The standard InChI is InChI=1S/C21H20N4O3/c1-14(20(26)24-12-11-16-5-3-4-6-19(16)24)25-21(27)23-18(13-22-25)15-7-9-17(28-2)10-8-15/h3-10,13-14H,11-12H2,1-2H3/t14-/m0/s1. The van der Waals surface area contributed by atoms with Gasteiger partial charge in [-0.1, -0.05) is 18.2 Å². The highest BCUT2D eigenvalue weighted by atomic mass is 16.5. The van der Waals surface area contributed by atoms with E-state index in [2.05, 4.69) is 10.1 Å². The zero-order valence-electron chi connectivity index (χ0n) is 15.7. The van der Waals surface area contributed by atoms with Crippen molar-refractivity contribution in [3.05, 3.63) is 70.8 Å². The van der Waals surface area contributed by atoms with Crippen LogP contribution in [0.1, 0.15) is 18.5 Å². The molecule has 0 N–H and O–H groups in total. The number of hydrogen-bond acceptors (Lipinski definition) is 5. The van der Waals surface area contributed by atoms with Gasteiger partial charge < -0.3 is 9.64 Å². The van der Waals surface area contributed by atoms with Crippen LogP contribution in [0.2, 0.25) is 0 Å². The Hall–Kier alpha value is -3.48. The molecule has 0 aliphatic carbocycles. The molecular formula is C21H20N4O3. The minimum atomic E-state index is -0.740. The molecule has 0 spiro atoms. The van der Waals surface area contributed by atoms with E-state index >= 15 is 0 Å². The highest BCUT2D eigenvalue weighted by molar-refractivity contribution is 5.97. The van der Waals surface area contributed by atoms with Crippen molar-refractivity contribution in [2.45, 2.75) is 19.4 Å². The van der Waals surface area contributed by atoms with Crippen LogP contribution in [0.3, 0.4) is 0 Å². The molecule has 1 amide bonds. The van der Waals surface area contributed by atoms with Crippen LogP contribution in [0, 0.1) is 0 Å². The molecule has 142 valence electrons. The maximum Gasteiger partial charge on any atom is 0.365 e. The van der Waals surface area contributed by atoms with Crippen LogP contribution >= 0.6 is 0 Å². The average Bonchev–Trinajstić information content (AvgIpc) is 3.17. The molecule has 0 bridgehead atoms. The molecule has 4 rings (SSSR count). The lowest BCUT2D eigenvalue weighted by Crippen LogP contribution is -2.40. The summed E-state index contributed by atoms with van der Waals surface area (Å²) >= 11 is 0. The number of methoxy groups -OCH3 is 1. The van der Waals surface area contributed by atoms with Crippen LogP contribution in [-0.2, 0) is 11.2 Å². The van der Waals surface area contributed by atoms with E-state index in [4.69, 9.17) is 4.74 Å². The Morgan fingerprint density at radius 3 is 2.61 bits per heavy atom. The first-order chi connectivity index (χ1) is 13.6. The fourth-order valence-electron chi connectivity index (χ4n) is 3.41. The average molecular weight is 376 g/mol. The van der Waals surface area contributed by atoms with Crippen molar-refractivity contribution in [3.8, 4) is 17.0 Å². The van der Waals surface area contributed by atoms with Gasteiger partial charge in [0.2, 0.25) is 0 Å². The van der Waals surface area contributed by atoms with E-state index in [1.165, 1.54) is 6.20 Å². The monoisotopic (exact) mass is 376 g/mol. The summed E-state index contributed by atoms with van der Waals surface area (Å²) in [5.74, 6) is 0.550. The van der Waals surface area contributed by atoms with E-state index in [9.17, 15) is 9.59 Å². The molecule has 0 radical (unpaired) electrons. The number of hydrogen-bond donors (Lipinski definition) is 0. The van der Waals surface area contributed by atoms with Gasteiger partial charge in [-0.05, 0) is 49.2 Å². The van der Waals surface area contributed by atoms with Crippen LogP contribution in [0.25, 0.3) is 11.3 Å². The van der Waals surface area contributed by atoms with Crippen molar-refractivity contribution in [2.24, 2.45) is 0 Å². The van der Waals surface area contributed by atoms with Crippen molar-refractivity contribution in [3.63, 3.8) is 0 Å². The summed E-state index contributed by atoms with van der Waals surface area (Å²) in [4.78, 5) is 31.3. The summed E-state index contributed by atoms with van der Waals surface area (Å²) in [6.07, 6.45) is 2.32. The Morgan fingerprint density at radius 2 is 1.89 bits per heavy atom. The zero-order chi connectivity index (χ0) is 19.7. The van der Waals surface area contributed by atoms with E-state index in [1.807, 2.05) is 36.4 Å². The number of para-hydroxylation sites is 1. The van der Waals surface area contributed by atoms with E-state index in [0.717, 1.165) is 33.7 Å². The number of carbonyl (C=O) groups excluding carboxylic acids is 1. The molecule has 2 aromatic carbocycles. The number of fused-ring (bicyclic) bond motifs is 1. The summed E-state index contributed by atoms with van der Waals surface area (Å²) in [5, 5.41) is 4.21. The minimum absolute atomic E-state index is 0.168. The Balaban J connectivity index is 1.59. The van der Waals surface area contributed by atoms with Gasteiger partial charge in [-0.25, -0.2) is 9.48 Å². The number of rotatable bonds is 4. The second-order valence-corrected chi connectivity index (χ2v) is 6.64. The zero-order valence-corrected chi connectivity index (χ0v) is 15.7. The molecule has 0 saturated carbocycles. The quantitative estimate of drug-likeness (QED) is 0.699. The lowest BCUT2D eigenvalue weighted by molar-refractivity contribution is -0.121. The Labute approximate surface area is 162 Å². The van der Waals surface area contributed by atoms with Crippen molar-refractivity contribution in [1.29, 1.82) is 0 Å². The second kappa shape index (κ2) is 7.26. The molecule has 1 atom stereocenters. The number of benzene rings is 2. The predicted molar refractivity (Wildman–Crippen MR) is 105 cm³/mol. The van der Waals surface area contributed by atoms with Gasteiger partial charge in [-0.3, -0.25) is 4.79 Å². The van der Waals surface area contributed by atoms with Gasteiger partial charge >= 0.3 is 5.69 Å². The normalized spacial score (nSPS) is 13.9. The first-order valence-electron chi connectivity index (χ1n) is 9.08. The molecule has 2 heterocycles. The van der Waals surface area contributed by atoms with Gasteiger partial charge in [-0.15, -0.1) is 0 Å². The molecule has 1 aliphatic heterocycles. The van der Waals surface area contributed by atoms with Crippen molar-refractivity contribution >= 4 is 11.6 Å². The molecule has 7 heteroatoms. The summed E-state index contributed by atoms with van der Waals surface area (Å²) in [6.45, 7) is 2.28. The smallest absolute Gasteiger partial charge is 0.365 e. The number of anilines is 1. The van der Waals surface area contributed by atoms with Gasteiger partial charge in [0.1, 0.15) is 11.8 Å². The highest BCUT2D eigenvalue weighted by Crippen LogP contribution is 2.29. The largest absolute Gasteiger partial charge is 0.497 e. The lowest BCUT2D eigenvalue weighted by atomic mass is 10.1. The van der Waals surface area contributed by atoms with Crippen LogP contribution in [0.4, 0.5) is 5.69 Å². The number of amides is 1. The van der Waals surface area contributed by atoms with E-state index < -0.39 is 11.7 Å². The third-order valence-corrected chi connectivity index (χ3v) is 4.98. The predicted octanol–water partition coefficient (Wildman–Crippen LogP) is 2.46. The van der Waals surface area contributed by atoms with E-state index in [1.54, 1.807) is 31.1 Å². The van der Waals surface area contributed by atoms with Crippen molar-refractivity contribution in [1.82, 2.24) is 14.8 Å². The molecule has 3 aromatic rings. The highest BCUT2D eigenvalue weighted by Gasteiger charge is 2.29. The molecule has 1 aliphatic rings. The maximum absolute atomic E-state index is 13.0. The molecule has 0 fully saturated rings. The summed E-state index contributed by atoms with van der Waals surface area (Å²) in [7, 11) is 1.59. The lowest BCUT2D eigenvalue weighted by Gasteiger charge is -2.22. The molecule has 0 unspecified atom stereocenters. The third-order valence-electron chi connectivity index (χ3n) is 4.98. The van der Waals surface area contributed by atoms with Crippen molar-refractivity contribution in [2.75, 3.05) is 18.6 Å². The molecular weight excluding hydrogens is 356 g/mol. The van der Waals surface area contributed by atoms with Crippen LogP contribution in [-0.4, -0.2) is 34.3 Å².